The molecule has 150 valence electrons. The Morgan fingerprint density at radius 1 is 1.32 bits per heavy atom. The van der Waals surface area contributed by atoms with Crippen molar-refractivity contribution in [3.63, 3.8) is 0 Å². The molecule has 1 aromatic heterocycles. The van der Waals surface area contributed by atoms with Crippen LogP contribution in [0, 0.1) is 5.92 Å². The Labute approximate surface area is 166 Å². The number of hydrogen-bond acceptors (Lipinski definition) is 4. The van der Waals surface area contributed by atoms with E-state index in [0.717, 1.165) is 24.2 Å². The van der Waals surface area contributed by atoms with E-state index in [-0.39, 0.29) is 23.7 Å². The van der Waals surface area contributed by atoms with Crippen LogP contribution in [0.1, 0.15) is 31.7 Å². The van der Waals surface area contributed by atoms with E-state index in [9.17, 15) is 9.59 Å². The molecule has 0 aliphatic carbocycles. The molecule has 1 unspecified atom stereocenters. The van der Waals surface area contributed by atoms with Gasteiger partial charge in [0.25, 0.3) is 0 Å². The van der Waals surface area contributed by atoms with Gasteiger partial charge in [0.15, 0.2) is 0 Å². The third-order valence-corrected chi connectivity index (χ3v) is 5.32. The number of rotatable bonds is 7. The number of hydrogen-bond donors (Lipinski definition) is 2. The summed E-state index contributed by atoms with van der Waals surface area (Å²) >= 11 is 0. The Bertz CT molecular complexity index is 804. The molecule has 2 aromatic rings. The van der Waals surface area contributed by atoms with Crippen molar-refractivity contribution < 1.29 is 9.59 Å². The molecule has 1 fully saturated rings. The van der Waals surface area contributed by atoms with Crippen molar-refractivity contribution in [1.29, 1.82) is 0 Å². The SMILES string of the molecule is CCCN(C(=O)[C@H]1CNC[C@@H]1c1cnn(C)c1)C(C)C(=O)Nc1ccccc1. The average molecular weight is 383 g/mol. The average Bonchev–Trinajstić information content (AvgIpc) is 3.34. The fraction of sp³-hybridized carbons (Fsp3) is 0.476. The highest BCUT2D eigenvalue weighted by Gasteiger charge is 2.39. The molecule has 7 nitrogen and oxygen atoms in total. The molecule has 7 heteroatoms. The van der Waals surface area contributed by atoms with Crippen LogP contribution >= 0.6 is 0 Å². The van der Waals surface area contributed by atoms with Crippen molar-refractivity contribution in [3.8, 4) is 0 Å². The lowest BCUT2D eigenvalue weighted by Gasteiger charge is -2.32. The van der Waals surface area contributed by atoms with Gasteiger partial charge in [0, 0.05) is 44.5 Å². The Hall–Kier alpha value is -2.67. The summed E-state index contributed by atoms with van der Waals surface area (Å²) in [5.41, 5.74) is 1.79. The van der Waals surface area contributed by atoms with Crippen LogP contribution in [0.3, 0.4) is 0 Å². The van der Waals surface area contributed by atoms with Crippen LogP contribution in [-0.4, -0.2) is 52.2 Å². The number of para-hydroxylation sites is 1. The van der Waals surface area contributed by atoms with E-state index >= 15 is 0 Å². The lowest BCUT2D eigenvalue weighted by atomic mass is 9.89. The summed E-state index contributed by atoms with van der Waals surface area (Å²) in [5, 5.41) is 10.5. The van der Waals surface area contributed by atoms with Gasteiger partial charge in [-0.1, -0.05) is 25.1 Å². The predicted molar refractivity (Wildman–Crippen MR) is 109 cm³/mol. The molecule has 1 saturated heterocycles. The van der Waals surface area contributed by atoms with Crippen LogP contribution in [0.2, 0.25) is 0 Å². The first-order chi connectivity index (χ1) is 13.5. The molecular formula is C21H29N5O2. The maximum absolute atomic E-state index is 13.4. The molecule has 2 heterocycles. The molecule has 1 aliphatic heterocycles. The summed E-state index contributed by atoms with van der Waals surface area (Å²) in [5.74, 6) is -0.263. The summed E-state index contributed by atoms with van der Waals surface area (Å²) in [7, 11) is 1.88. The van der Waals surface area contributed by atoms with E-state index in [0.29, 0.717) is 13.1 Å². The third kappa shape index (κ3) is 4.42. The van der Waals surface area contributed by atoms with Crippen molar-refractivity contribution in [1.82, 2.24) is 20.0 Å². The fourth-order valence-corrected chi connectivity index (χ4v) is 3.78. The molecule has 1 aliphatic rings. The Morgan fingerprint density at radius 2 is 2.07 bits per heavy atom. The van der Waals surface area contributed by atoms with Crippen LogP contribution < -0.4 is 10.6 Å². The molecule has 0 saturated carbocycles. The Morgan fingerprint density at radius 3 is 2.71 bits per heavy atom. The minimum Gasteiger partial charge on any atom is -0.331 e. The van der Waals surface area contributed by atoms with Gasteiger partial charge in [0.2, 0.25) is 11.8 Å². The molecule has 1 aromatic carbocycles. The summed E-state index contributed by atoms with van der Waals surface area (Å²) in [6, 6.07) is 8.79. The normalized spacial score (nSPS) is 20.0. The van der Waals surface area contributed by atoms with Crippen molar-refractivity contribution >= 4 is 17.5 Å². The minimum absolute atomic E-state index is 0.0245. The van der Waals surface area contributed by atoms with Crippen LogP contribution in [0.4, 0.5) is 5.69 Å². The molecule has 0 radical (unpaired) electrons. The smallest absolute Gasteiger partial charge is 0.246 e. The maximum Gasteiger partial charge on any atom is 0.246 e. The second-order valence-corrected chi connectivity index (χ2v) is 7.38. The highest BCUT2D eigenvalue weighted by molar-refractivity contribution is 5.97. The van der Waals surface area contributed by atoms with Gasteiger partial charge in [0.05, 0.1) is 12.1 Å². The number of nitrogens with one attached hydrogen (secondary N) is 2. The Kier molecular flexibility index (Phi) is 6.46. The van der Waals surface area contributed by atoms with Gasteiger partial charge < -0.3 is 15.5 Å². The van der Waals surface area contributed by atoms with Crippen molar-refractivity contribution in [2.24, 2.45) is 13.0 Å². The van der Waals surface area contributed by atoms with E-state index in [2.05, 4.69) is 15.7 Å². The van der Waals surface area contributed by atoms with E-state index in [1.807, 2.05) is 56.7 Å². The summed E-state index contributed by atoms with van der Waals surface area (Å²) in [6.45, 7) is 5.73. The highest BCUT2D eigenvalue weighted by atomic mass is 16.2. The summed E-state index contributed by atoms with van der Waals surface area (Å²) in [4.78, 5) is 27.9. The zero-order valence-corrected chi connectivity index (χ0v) is 16.8. The fourth-order valence-electron chi connectivity index (χ4n) is 3.78. The van der Waals surface area contributed by atoms with Crippen LogP contribution in [0.25, 0.3) is 0 Å². The van der Waals surface area contributed by atoms with Gasteiger partial charge in [-0.25, -0.2) is 0 Å². The first-order valence-corrected chi connectivity index (χ1v) is 9.87. The quantitative estimate of drug-likeness (QED) is 0.766. The van der Waals surface area contributed by atoms with E-state index < -0.39 is 6.04 Å². The zero-order chi connectivity index (χ0) is 20.1. The Balaban J connectivity index is 1.74. The number of amides is 2. The van der Waals surface area contributed by atoms with Gasteiger partial charge >= 0.3 is 0 Å². The standard InChI is InChI=1S/C21H29N5O2/c1-4-10-26(15(2)20(27)24-17-8-6-5-7-9-17)21(28)19-13-22-12-18(19)16-11-23-25(3)14-16/h5-9,11,14-15,18-19,22H,4,10,12-13H2,1-3H3,(H,24,27)/t15?,18-,19+/m1/s1. The van der Waals surface area contributed by atoms with Crippen LogP contribution in [0.15, 0.2) is 42.7 Å². The largest absolute Gasteiger partial charge is 0.331 e. The lowest BCUT2D eigenvalue weighted by molar-refractivity contribution is -0.141. The van der Waals surface area contributed by atoms with Gasteiger partial charge in [0.1, 0.15) is 6.04 Å². The first kappa shape index (κ1) is 20.1. The van der Waals surface area contributed by atoms with Gasteiger partial charge in [-0.3, -0.25) is 14.3 Å². The number of benzene rings is 1. The van der Waals surface area contributed by atoms with Crippen LogP contribution in [-0.2, 0) is 16.6 Å². The second-order valence-electron chi connectivity index (χ2n) is 7.38. The van der Waals surface area contributed by atoms with E-state index in [1.54, 1.807) is 16.5 Å². The molecule has 3 atom stereocenters. The minimum atomic E-state index is -0.539. The van der Waals surface area contributed by atoms with Crippen LogP contribution in [0.5, 0.6) is 0 Å². The number of carbonyl (C=O) groups excluding carboxylic acids is 2. The monoisotopic (exact) mass is 383 g/mol. The lowest BCUT2D eigenvalue weighted by Crippen LogP contribution is -2.49. The maximum atomic E-state index is 13.4. The molecule has 2 N–H and O–H groups in total. The molecule has 0 spiro atoms. The summed E-state index contributed by atoms with van der Waals surface area (Å²) < 4.78 is 1.76. The van der Waals surface area contributed by atoms with Crippen molar-refractivity contribution in [3.05, 3.63) is 48.3 Å². The number of nitrogens with zero attached hydrogens (tertiary/aromatic N) is 3. The van der Waals surface area contributed by atoms with Gasteiger partial charge in [-0.2, -0.15) is 5.10 Å². The molecular weight excluding hydrogens is 354 g/mol. The molecule has 2 amide bonds. The first-order valence-electron chi connectivity index (χ1n) is 9.87. The number of anilines is 1. The number of aryl methyl sites for hydroxylation is 1. The molecule has 0 bridgehead atoms. The van der Waals surface area contributed by atoms with Gasteiger partial charge in [-0.15, -0.1) is 0 Å². The number of aromatic nitrogens is 2. The molecule has 3 rings (SSSR count). The number of carbonyl (C=O) groups is 2. The van der Waals surface area contributed by atoms with E-state index in [4.69, 9.17) is 0 Å². The third-order valence-electron chi connectivity index (χ3n) is 5.32. The topological polar surface area (TPSA) is 79.3 Å². The van der Waals surface area contributed by atoms with E-state index in [1.165, 1.54) is 0 Å². The van der Waals surface area contributed by atoms with Gasteiger partial charge in [-0.05, 0) is 31.0 Å². The zero-order valence-electron chi connectivity index (χ0n) is 16.8. The van der Waals surface area contributed by atoms with Crippen molar-refractivity contribution in [2.75, 3.05) is 25.0 Å². The predicted octanol–water partition coefficient (Wildman–Crippen LogP) is 1.99. The summed E-state index contributed by atoms with van der Waals surface area (Å²) in [6.07, 6.45) is 4.59. The van der Waals surface area contributed by atoms with Crippen molar-refractivity contribution in [2.45, 2.75) is 32.2 Å². The molecule has 28 heavy (non-hydrogen) atoms. The highest BCUT2D eigenvalue weighted by Crippen LogP contribution is 2.30. The second kappa shape index (κ2) is 9.01.